The second kappa shape index (κ2) is 6.04. The number of amides is 3. The van der Waals surface area contributed by atoms with E-state index < -0.39 is 11.8 Å². The normalized spacial score (nSPS) is 12.7. The Labute approximate surface area is 133 Å². The first-order chi connectivity index (χ1) is 11.0. The van der Waals surface area contributed by atoms with Gasteiger partial charge in [-0.05, 0) is 37.1 Å². The molecule has 0 atom stereocenters. The number of benzene rings is 2. The zero-order chi connectivity index (χ0) is 16.4. The molecule has 0 spiro atoms. The molecule has 0 fully saturated rings. The minimum absolute atomic E-state index is 0.251. The van der Waals surface area contributed by atoms with Gasteiger partial charge < -0.3 is 5.32 Å². The second-order valence-corrected chi connectivity index (χ2v) is 5.54. The third-order valence-electron chi connectivity index (χ3n) is 3.78. The number of fused-ring (bicyclic) bond motifs is 1. The van der Waals surface area contributed by atoms with Crippen molar-refractivity contribution in [3.05, 3.63) is 70.3 Å². The van der Waals surface area contributed by atoms with Crippen LogP contribution in [0.4, 0.5) is 0 Å². The Balaban J connectivity index is 1.64. The summed E-state index contributed by atoms with van der Waals surface area (Å²) in [4.78, 5) is 35.3. The predicted molar refractivity (Wildman–Crippen MR) is 85.5 cm³/mol. The lowest BCUT2D eigenvalue weighted by atomic mass is 10.1. The fourth-order valence-corrected chi connectivity index (χ4v) is 2.60. The summed E-state index contributed by atoms with van der Waals surface area (Å²) >= 11 is 0. The van der Waals surface area contributed by atoms with Crippen LogP contribution in [0.2, 0.25) is 0 Å². The Hall–Kier alpha value is -2.95. The van der Waals surface area contributed by atoms with Gasteiger partial charge in [0.1, 0.15) is 0 Å². The summed E-state index contributed by atoms with van der Waals surface area (Å²) < 4.78 is 0. The Kier molecular flexibility index (Phi) is 3.93. The van der Waals surface area contributed by atoms with Crippen molar-refractivity contribution in [3.8, 4) is 0 Å². The van der Waals surface area contributed by atoms with E-state index in [0.29, 0.717) is 17.7 Å². The number of hydrogen-bond acceptors (Lipinski definition) is 3. The van der Waals surface area contributed by atoms with Crippen LogP contribution < -0.4 is 10.6 Å². The van der Waals surface area contributed by atoms with Gasteiger partial charge in [-0.3, -0.25) is 19.7 Å². The Bertz CT molecular complexity index is 812. The van der Waals surface area contributed by atoms with E-state index in [9.17, 15) is 14.4 Å². The molecule has 1 aliphatic rings. The predicted octanol–water partition coefficient (Wildman–Crippen LogP) is 1.85. The summed E-state index contributed by atoms with van der Waals surface area (Å²) in [5, 5.41) is 5.04. The van der Waals surface area contributed by atoms with Gasteiger partial charge in [0.25, 0.3) is 17.7 Å². The molecule has 0 saturated heterocycles. The molecule has 2 aromatic carbocycles. The molecule has 5 nitrogen and oxygen atoms in total. The maximum Gasteiger partial charge on any atom is 0.258 e. The van der Waals surface area contributed by atoms with Crippen LogP contribution in [0.15, 0.2) is 42.5 Å². The van der Waals surface area contributed by atoms with Crippen LogP contribution in [0.3, 0.4) is 0 Å². The quantitative estimate of drug-likeness (QED) is 0.846. The van der Waals surface area contributed by atoms with E-state index in [1.165, 1.54) is 17.7 Å². The SMILES string of the molecule is Cc1cccc(CCNC(=O)c2ccc3c(c2)C(=O)NC3=O)c1. The highest BCUT2D eigenvalue weighted by Gasteiger charge is 2.27. The maximum absolute atomic E-state index is 12.2. The first-order valence-corrected chi connectivity index (χ1v) is 7.38. The fraction of sp³-hybridized carbons (Fsp3) is 0.167. The second-order valence-electron chi connectivity index (χ2n) is 5.54. The summed E-state index contributed by atoms with van der Waals surface area (Å²) in [5.41, 5.74) is 3.28. The number of rotatable bonds is 4. The van der Waals surface area contributed by atoms with E-state index in [1.807, 2.05) is 25.1 Å². The van der Waals surface area contributed by atoms with Crippen molar-refractivity contribution in [2.75, 3.05) is 6.54 Å². The molecule has 1 aliphatic heterocycles. The van der Waals surface area contributed by atoms with Crippen LogP contribution in [0.25, 0.3) is 0 Å². The van der Waals surface area contributed by atoms with E-state index in [2.05, 4.69) is 16.7 Å². The number of carbonyl (C=O) groups excluding carboxylic acids is 3. The average molecular weight is 308 g/mol. The Morgan fingerprint density at radius 2 is 1.83 bits per heavy atom. The molecule has 23 heavy (non-hydrogen) atoms. The highest BCUT2D eigenvalue weighted by molar-refractivity contribution is 6.22. The van der Waals surface area contributed by atoms with E-state index >= 15 is 0 Å². The van der Waals surface area contributed by atoms with Crippen molar-refractivity contribution in [2.24, 2.45) is 0 Å². The van der Waals surface area contributed by atoms with Gasteiger partial charge in [0, 0.05) is 12.1 Å². The summed E-state index contributed by atoms with van der Waals surface area (Å²) in [5.74, 6) is -1.14. The number of nitrogens with one attached hydrogen (secondary N) is 2. The zero-order valence-corrected chi connectivity index (χ0v) is 12.7. The van der Waals surface area contributed by atoms with Gasteiger partial charge in [-0.1, -0.05) is 29.8 Å². The topological polar surface area (TPSA) is 75.3 Å². The van der Waals surface area contributed by atoms with Crippen LogP contribution >= 0.6 is 0 Å². The van der Waals surface area contributed by atoms with Crippen molar-refractivity contribution < 1.29 is 14.4 Å². The summed E-state index contributed by atoms with van der Waals surface area (Å²) in [7, 11) is 0. The summed E-state index contributed by atoms with van der Waals surface area (Å²) in [6, 6.07) is 12.6. The van der Waals surface area contributed by atoms with E-state index in [1.54, 1.807) is 6.07 Å². The first kappa shape index (κ1) is 15.0. The van der Waals surface area contributed by atoms with Gasteiger partial charge in [-0.25, -0.2) is 0 Å². The Morgan fingerprint density at radius 3 is 2.61 bits per heavy atom. The third-order valence-corrected chi connectivity index (χ3v) is 3.78. The zero-order valence-electron chi connectivity index (χ0n) is 12.7. The molecule has 2 aromatic rings. The first-order valence-electron chi connectivity index (χ1n) is 7.38. The van der Waals surface area contributed by atoms with Crippen LogP contribution in [-0.4, -0.2) is 24.3 Å². The molecule has 0 aromatic heterocycles. The lowest BCUT2D eigenvalue weighted by Crippen LogP contribution is -2.26. The molecule has 0 unspecified atom stereocenters. The van der Waals surface area contributed by atoms with Gasteiger partial charge in [0.15, 0.2) is 0 Å². The molecule has 0 radical (unpaired) electrons. The van der Waals surface area contributed by atoms with Crippen molar-refractivity contribution >= 4 is 17.7 Å². The lowest BCUT2D eigenvalue weighted by molar-refractivity contribution is 0.0878. The molecule has 5 heteroatoms. The molecular weight excluding hydrogens is 292 g/mol. The van der Waals surface area contributed by atoms with Gasteiger partial charge in [0.2, 0.25) is 0 Å². The number of aryl methyl sites for hydroxylation is 1. The summed E-state index contributed by atoms with van der Waals surface area (Å²) in [6.45, 7) is 2.53. The Morgan fingerprint density at radius 1 is 1.04 bits per heavy atom. The highest BCUT2D eigenvalue weighted by atomic mass is 16.2. The molecule has 2 N–H and O–H groups in total. The van der Waals surface area contributed by atoms with Gasteiger partial charge in [-0.2, -0.15) is 0 Å². The van der Waals surface area contributed by atoms with Gasteiger partial charge >= 0.3 is 0 Å². The van der Waals surface area contributed by atoms with Crippen molar-refractivity contribution in [1.82, 2.24) is 10.6 Å². The van der Waals surface area contributed by atoms with Crippen molar-refractivity contribution in [3.63, 3.8) is 0 Å². The number of imide groups is 1. The molecule has 1 heterocycles. The van der Waals surface area contributed by atoms with Crippen LogP contribution in [-0.2, 0) is 6.42 Å². The number of hydrogen-bond donors (Lipinski definition) is 2. The fourth-order valence-electron chi connectivity index (χ4n) is 2.60. The minimum Gasteiger partial charge on any atom is -0.352 e. The standard InChI is InChI=1S/C18H16N2O3/c1-11-3-2-4-12(9-11)7-8-19-16(21)13-5-6-14-15(10-13)18(23)20-17(14)22/h2-6,9-10H,7-8H2,1H3,(H,19,21)(H,20,22,23). The molecule has 116 valence electrons. The van der Waals surface area contributed by atoms with Crippen molar-refractivity contribution in [2.45, 2.75) is 13.3 Å². The average Bonchev–Trinajstić information content (AvgIpc) is 2.81. The monoisotopic (exact) mass is 308 g/mol. The minimum atomic E-state index is -0.459. The van der Waals surface area contributed by atoms with Crippen molar-refractivity contribution in [1.29, 1.82) is 0 Å². The maximum atomic E-state index is 12.2. The molecule has 0 aliphatic carbocycles. The largest absolute Gasteiger partial charge is 0.352 e. The van der Waals surface area contributed by atoms with E-state index in [-0.39, 0.29) is 11.5 Å². The van der Waals surface area contributed by atoms with Gasteiger partial charge in [-0.15, -0.1) is 0 Å². The highest BCUT2D eigenvalue weighted by Crippen LogP contribution is 2.17. The van der Waals surface area contributed by atoms with Gasteiger partial charge in [0.05, 0.1) is 11.1 Å². The third kappa shape index (κ3) is 3.13. The molecular formula is C18H16N2O3. The molecule has 0 saturated carbocycles. The lowest BCUT2D eigenvalue weighted by Gasteiger charge is -2.07. The summed E-state index contributed by atoms with van der Waals surface area (Å²) in [6.07, 6.45) is 0.733. The van der Waals surface area contributed by atoms with Crippen LogP contribution in [0.5, 0.6) is 0 Å². The smallest absolute Gasteiger partial charge is 0.258 e. The van der Waals surface area contributed by atoms with E-state index in [4.69, 9.17) is 0 Å². The molecule has 0 bridgehead atoms. The number of carbonyl (C=O) groups is 3. The van der Waals surface area contributed by atoms with E-state index in [0.717, 1.165) is 12.0 Å². The van der Waals surface area contributed by atoms with Crippen LogP contribution in [0, 0.1) is 6.92 Å². The molecule has 3 amide bonds. The van der Waals surface area contributed by atoms with Crippen LogP contribution in [0.1, 0.15) is 42.2 Å². The molecule has 3 rings (SSSR count).